The molecule has 0 fully saturated rings. The Hall–Kier alpha value is -2.09. The molecule has 2 heteroatoms. The maximum absolute atomic E-state index is 12.0. The van der Waals surface area contributed by atoms with Gasteiger partial charge in [0.2, 0.25) is 5.69 Å². The lowest BCUT2D eigenvalue weighted by molar-refractivity contribution is -0.360. The SMILES string of the molecule is CC(c1ccccc1)=[N+]([O-])c1ccccc1. The first-order valence-corrected chi connectivity index (χ1v) is 5.20. The van der Waals surface area contributed by atoms with E-state index >= 15 is 0 Å². The Bertz CT molecular complexity index is 441. The van der Waals surface area contributed by atoms with E-state index in [9.17, 15) is 5.21 Å². The van der Waals surface area contributed by atoms with Gasteiger partial charge in [-0.25, -0.2) is 0 Å². The molecule has 2 aromatic rings. The molecule has 0 aliphatic carbocycles. The van der Waals surface area contributed by atoms with Crippen molar-refractivity contribution in [3.63, 3.8) is 0 Å². The van der Waals surface area contributed by atoms with Gasteiger partial charge in [0.1, 0.15) is 0 Å². The smallest absolute Gasteiger partial charge is 0.216 e. The second-order valence-corrected chi connectivity index (χ2v) is 3.58. The van der Waals surface area contributed by atoms with Crippen LogP contribution in [0.25, 0.3) is 0 Å². The summed E-state index contributed by atoms with van der Waals surface area (Å²) in [5.74, 6) is 0. The zero-order valence-corrected chi connectivity index (χ0v) is 9.13. The molecule has 2 aromatic carbocycles. The molecule has 0 aromatic heterocycles. The van der Waals surface area contributed by atoms with E-state index in [0.717, 1.165) is 10.3 Å². The van der Waals surface area contributed by atoms with Crippen LogP contribution in [-0.2, 0) is 0 Å². The second kappa shape index (κ2) is 4.62. The predicted octanol–water partition coefficient (Wildman–Crippen LogP) is 3.34. The Morgan fingerprint density at radius 2 is 1.38 bits per heavy atom. The van der Waals surface area contributed by atoms with E-state index < -0.39 is 0 Å². The van der Waals surface area contributed by atoms with Crippen LogP contribution < -0.4 is 0 Å². The van der Waals surface area contributed by atoms with Crippen LogP contribution in [0.3, 0.4) is 0 Å². The molecule has 0 N–H and O–H groups in total. The average Bonchev–Trinajstić information content (AvgIpc) is 2.39. The molecule has 0 saturated heterocycles. The molecular weight excluding hydrogens is 198 g/mol. The molecule has 0 bridgehead atoms. The minimum absolute atomic E-state index is 0.656. The van der Waals surface area contributed by atoms with Gasteiger partial charge in [0, 0.05) is 24.6 Å². The number of hydrogen-bond acceptors (Lipinski definition) is 1. The van der Waals surface area contributed by atoms with E-state index in [1.807, 2.05) is 55.5 Å². The Kier molecular flexibility index (Phi) is 3.01. The van der Waals surface area contributed by atoms with Gasteiger partial charge in [-0.15, -0.1) is 0 Å². The number of benzene rings is 2. The van der Waals surface area contributed by atoms with Gasteiger partial charge in [-0.3, -0.25) is 0 Å². The van der Waals surface area contributed by atoms with Crippen LogP contribution in [0.5, 0.6) is 0 Å². The van der Waals surface area contributed by atoms with Crippen LogP contribution in [-0.4, -0.2) is 10.5 Å². The summed E-state index contributed by atoms with van der Waals surface area (Å²) in [6.45, 7) is 1.83. The van der Waals surface area contributed by atoms with Crippen LogP contribution in [0.2, 0.25) is 0 Å². The van der Waals surface area contributed by atoms with Crippen molar-refractivity contribution in [1.29, 1.82) is 0 Å². The summed E-state index contributed by atoms with van der Waals surface area (Å²) >= 11 is 0. The minimum Gasteiger partial charge on any atom is -0.618 e. The molecule has 0 atom stereocenters. The molecule has 2 rings (SSSR count). The Morgan fingerprint density at radius 1 is 0.875 bits per heavy atom. The molecule has 0 radical (unpaired) electrons. The van der Waals surface area contributed by atoms with Crippen LogP contribution in [0.4, 0.5) is 5.69 Å². The quantitative estimate of drug-likeness (QED) is 0.324. The first-order valence-electron chi connectivity index (χ1n) is 5.20. The molecule has 16 heavy (non-hydrogen) atoms. The van der Waals surface area contributed by atoms with Crippen LogP contribution in [0, 0.1) is 5.21 Å². The molecule has 0 unspecified atom stereocenters. The van der Waals surface area contributed by atoms with E-state index in [2.05, 4.69) is 0 Å². The lowest BCUT2D eigenvalue weighted by Crippen LogP contribution is -2.08. The molecular formula is C14H13NO. The van der Waals surface area contributed by atoms with E-state index in [4.69, 9.17) is 0 Å². The summed E-state index contributed by atoms with van der Waals surface area (Å²) in [4.78, 5) is 0. The summed E-state index contributed by atoms with van der Waals surface area (Å²) < 4.78 is 0.954. The third-order valence-corrected chi connectivity index (χ3v) is 2.49. The minimum atomic E-state index is 0.656. The summed E-state index contributed by atoms with van der Waals surface area (Å²) in [5, 5.41) is 12.0. The predicted molar refractivity (Wildman–Crippen MR) is 66.0 cm³/mol. The number of hydrogen-bond donors (Lipinski definition) is 0. The van der Waals surface area contributed by atoms with Gasteiger partial charge < -0.3 is 5.21 Å². The van der Waals surface area contributed by atoms with E-state index in [1.165, 1.54) is 0 Å². The highest BCUT2D eigenvalue weighted by Gasteiger charge is 2.08. The monoisotopic (exact) mass is 211 g/mol. The van der Waals surface area contributed by atoms with Gasteiger partial charge in [0.05, 0.1) is 0 Å². The molecule has 0 heterocycles. The standard InChI is InChI=1S/C14H13NO/c1-12(13-8-4-2-5-9-13)15(16)14-10-6-3-7-11-14/h2-11H,1H3. The highest BCUT2D eigenvalue weighted by atomic mass is 16.5. The molecule has 0 aliphatic heterocycles. The largest absolute Gasteiger partial charge is 0.618 e. The van der Waals surface area contributed by atoms with E-state index in [1.54, 1.807) is 12.1 Å². The van der Waals surface area contributed by atoms with Crippen molar-refractivity contribution in [3.05, 3.63) is 71.4 Å². The highest BCUT2D eigenvalue weighted by Crippen LogP contribution is 2.12. The summed E-state index contributed by atoms with van der Waals surface area (Å²) in [6, 6.07) is 18.9. The third kappa shape index (κ3) is 2.11. The Morgan fingerprint density at radius 3 is 1.94 bits per heavy atom. The molecule has 0 saturated carbocycles. The van der Waals surface area contributed by atoms with Crippen LogP contribution in [0.1, 0.15) is 12.5 Å². The lowest BCUT2D eigenvalue weighted by atomic mass is 10.1. The number of rotatable bonds is 2. The Labute approximate surface area is 95.1 Å². The van der Waals surface area contributed by atoms with E-state index in [-0.39, 0.29) is 0 Å². The van der Waals surface area contributed by atoms with Crippen molar-refractivity contribution >= 4 is 11.4 Å². The van der Waals surface area contributed by atoms with Crippen LogP contribution >= 0.6 is 0 Å². The van der Waals surface area contributed by atoms with Crippen molar-refractivity contribution in [2.24, 2.45) is 0 Å². The zero-order chi connectivity index (χ0) is 11.4. The lowest BCUT2D eigenvalue weighted by Gasteiger charge is -2.07. The first-order chi connectivity index (χ1) is 7.79. The first kappa shape index (κ1) is 10.4. The van der Waals surface area contributed by atoms with Gasteiger partial charge in [0.15, 0.2) is 5.71 Å². The van der Waals surface area contributed by atoms with Gasteiger partial charge in [-0.05, 0) is 12.1 Å². The molecule has 0 amide bonds. The van der Waals surface area contributed by atoms with Crippen molar-refractivity contribution in [2.45, 2.75) is 6.92 Å². The van der Waals surface area contributed by atoms with Crippen molar-refractivity contribution in [3.8, 4) is 0 Å². The molecule has 80 valence electrons. The maximum atomic E-state index is 12.0. The fourth-order valence-corrected chi connectivity index (χ4v) is 1.55. The van der Waals surface area contributed by atoms with E-state index in [0.29, 0.717) is 11.4 Å². The molecule has 2 nitrogen and oxygen atoms in total. The molecule has 0 aliphatic rings. The van der Waals surface area contributed by atoms with Crippen LogP contribution in [0.15, 0.2) is 60.7 Å². The number of nitrogens with zero attached hydrogens (tertiary/aromatic N) is 1. The second-order valence-electron chi connectivity index (χ2n) is 3.58. The average molecular weight is 211 g/mol. The van der Waals surface area contributed by atoms with Gasteiger partial charge in [-0.2, -0.15) is 4.74 Å². The third-order valence-electron chi connectivity index (χ3n) is 2.49. The Balaban J connectivity index is 2.43. The van der Waals surface area contributed by atoms with Gasteiger partial charge in [0.25, 0.3) is 0 Å². The van der Waals surface area contributed by atoms with Crippen molar-refractivity contribution < 1.29 is 4.74 Å². The topological polar surface area (TPSA) is 26.1 Å². The highest BCUT2D eigenvalue weighted by molar-refractivity contribution is 5.95. The fraction of sp³-hybridized carbons (Fsp3) is 0.0714. The van der Waals surface area contributed by atoms with Gasteiger partial charge in [-0.1, -0.05) is 36.4 Å². The summed E-state index contributed by atoms with van der Waals surface area (Å²) in [5.41, 5.74) is 2.30. The van der Waals surface area contributed by atoms with Crippen molar-refractivity contribution in [2.75, 3.05) is 0 Å². The number of para-hydroxylation sites is 1. The fourth-order valence-electron chi connectivity index (χ4n) is 1.55. The normalized spacial score (nSPS) is 12.1. The van der Waals surface area contributed by atoms with Crippen molar-refractivity contribution in [1.82, 2.24) is 0 Å². The van der Waals surface area contributed by atoms with Gasteiger partial charge >= 0.3 is 0 Å². The summed E-state index contributed by atoms with van der Waals surface area (Å²) in [7, 11) is 0. The maximum Gasteiger partial charge on any atom is 0.216 e. The summed E-state index contributed by atoms with van der Waals surface area (Å²) in [6.07, 6.45) is 0. The molecule has 0 spiro atoms. The zero-order valence-electron chi connectivity index (χ0n) is 9.13.